The molecule has 2 atom stereocenters. The van der Waals surface area contributed by atoms with Crippen LogP contribution >= 0.6 is 0 Å². The Morgan fingerprint density at radius 2 is 1.63 bits per heavy atom. The Morgan fingerprint density at radius 1 is 0.904 bits per heavy atom. The fourth-order valence-corrected chi connectivity index (χ4v) is 10.4. The van der Waals surface area contributed by atoms with Crippen molar-refractivity contribution in [2.45, 2.75) is 63.9 Å². The first-order valence-electron chi connectivity index (χ1n) is 24.7. The standard InChI is InChI=1S/C53H56F3N11O6/c1-34(48-59-57-33-61(48)3)37-5-4-6-42(26-37)66-32-46-45(53(54,55)56)25-35(29-67(46)52(66)72)28-62-17-15-43(16-18-62)73-24-23-60(2)50(70)36-7-10-40(11-8-36)63-19-21-64(22-20-63)41-12-13-44-39(27-41)31-65(51(44)71)30-38-9-14-47(68)58-49(38)69/h4-8,10-13,25-27,29-30,32-34,38,43H,9,14-24,28,31H2,1-3H3/p+1/t34-,38?/m1/s1. The summed E-state index contributed by atoms with van der Waals surface area (Å²) in [6, 6.07) is 21.8. The van der Waals surface area contributed by atoms with Crippen LogP contribution in [0.25, 0.3) is 11.2 Å². The minimum absolute atomic E-state index is 0.0655. The highest BCUT2D eigenvalue weighted by Gasteiger charge is 2.38. The fraction of sp³-hybridized carbons (Fsp3) is 0.396. The van der Waals surface area contributed by atoms with Crippen molar-refractivity contribution in [3.8, 4) is 5.69 Å². The Labute approximate surface area is 419 Å². The predicted octanol–water partition coefficient (Wildman–Crippen LogP) is 5.26. The number of likely N-dealkylation sites (tertiary alicyclic amines) is 1. The summed E-state index contributed by atoms with van der Waals surface area (Å²) in [5.41, 5.74) is 4.10. The number of nitrogens with one attached hydrogen (secondary N) is 1. The summed E-state index contributed by atoms with van der Waals surface area (Å²) in [4.78, 5) is 72.5. The Balaban J connectivity index is 0.682. The van der Waals surface area contributed by atoms with Gasteiger partial charge in [0, 0.05) is 114 Å². The fourth-order valence-electron chi connectivity index (χ4n) is 10.4. The van der Waals surface area contributed by atoms with Gasteiger partial charge in [-0.05, 0) is 91.1 Å². The third kappa shape index (κ3) is 10.3. The van der Waals surface area contributed by atoms with E-state index in [4.69, 9.17) is 4.74 Å². The SMILES string of the molecule is C[C@H](c1cccc(-n2cc3c(C(F)(F)F)cc(CN4CCC(OCCN(C)C(=O)c5ccc(N6CCN(c7ccc8c(c7)C[N+](=CC7CCC(=O)NC7=O)C8=O)CC6)cc5)CC4)cn3c2=O)c1)c1nncn1C. The molecule has 0 aliphatic carbocycles. The maximum atomic E-state index is 14.6. The number of pyridine rings is 1. The first-order chi connectivity index (χ1) is 35.1. The number of benzene rings is 3. The van der Waals surface area contributed by atoms with Crippen molar-refractivity contribution in [1.29, 1.82) is 0 Å². The molecule has 4 aliphatic heterocycles. The van der Waals surface area contributed by atoms with Crippen LogP contribution in [0, 0.1) is 5.92 Å². The zero-order valence-corrected chi connectivity index (χ0v) is 40.9. The van der Waals surface area contributed by atoms with Crippen molar-refractivity contribution in [2.75, 3.05) is 69.3 Å². The van der Waals surface area contributed by atoms with Gasteiger partial charge in [-0.2, -0.15) is 17.7 Å². The van der Waals surface area contributed by atoms with Gasteiger partial charge < -0.3 is 24.0 Å². The van der Waals surface area contributed by atoms with E-state index < -0.39 is 23.3 Å². The van der Waals surface area contributed by atoms with Crippen LogP contribution in [0.15, 0.2) is 96.3 Å². The van der Waals surface area contributed by atoms with E-state index in [-0.39, 0.29) is 54.1 Å². The molecular weight excluding hydrogens is 944 g/mol. The molecule has 0 spiro atoms. The molecule has 0 radical (unpaired) electrons. The van der Waals surface area contributed by atoms with Gasteiger partial charge >= 0.3 is 17.8 Å². The molecule has 4 amide bonds. The Hall–Kier alpha value is -7.45. The molecule has 10 rings (SSSR count). The van der Waals surface area contributed by atoms with E-state index in [0.717, 1.165) is 59.1 Å². The topological polar surface area (TPSA) is 163 Å². The van der Waals surface area contributed by atoms with Gasteiger partial charge in [0.15, 0.2) is 12.8 Å². The third-order valence-corrected chi connectivity index (χ3v) is 14.7. The van der Waals surface area contributed by atoms with E-state index in [1.807, 2.05) is 62.5 Å². The average molecular weight is 1000 g/mol. The van der Waals surface area contributed by atoms with Gasteiger partial charge in [-0.25, -0.2) is 9.59 Å². The van der Waals surface area contributed by atoms with E-state index in [0.29, 0.717) is 80.3 Å². The maximum absolute atomic E-state index is 14.6. The highest BCUT2D eigenvalue weighted by molar-refractivity contribution is 6.05. The molecule has 380 valence electrons. The van der Waals surface area contributed by atoms with Crippen molar-refractivity contribution in [3.63, 3.8) is 0 Å². The predicted molar refractivity (Wildman–Crippen MR) is 265 cm³/mol. The molecule has 6 aromatic rings. The number of aromatic nitrogens is 5. The zero-order chi connectivity index (χ0) is 51.1. The molecule has 3 saturated heterocycles. The number of carbonyl (C=O) groups excluding carboxylic acids is 4. The van der Waals surface area contributed by atoms with Crippen LogP contribution in [0.4, 0.5) is 24.5 Å². The normalized spacial score (nSPS) is 19.0. The number of carbonyl (C=O) groups is 4. The van der Waals surface area contributed by atoms with Crippen LogP contribution in [0.2, 0.25) is 0 Å². The number of imidazole rings is 1. The number of nitrogens with zero attached hydrogens (tertiary/aromatic N) is 10. The smallest absolute Gasteiger partial charge is 0.376 e. The average Bonchev–Trinajstić information content (AvgIpc) is 4.07. The van der Waals surface area contributed by atoms with Crippen molar-refractivity contribution in [3.05, 3.63) is 141 Å². The van der Waals surface area contributed by atoms with Gasteiger partial charge in [0.1, 0.15) is 23.6 Å². The Morgan fingerprint density at radius 3 is 2.33 bits per heavy atom. The number of rotatable bonds is 13. The van der Waals surface area contributed by atoms with E-state index in [2.05, 4.69) is 30.2 Å². The number of halogens is 3. The second-order valence-corrected chi connectivity index (χ2v) is 19.5. The van der Waals surface area contributed by atoms with Crippen LogP contribution in [-0.4, -0.2) is 134 Å². The minimum Gasteiger partial charge on any atom is -0.376 e. The molecule has 3 aromatic heterocycles. The summed E-state index contributed by atoms with van der Waals surface area (Å²) in [5, 5.41) is 10.5. The van der Waals surface area contributed by atoms with Crippen molar-refractivity contribution in [1.82, 2.24) is 38.8 Å². The number of imide groups is 1. The van der Waals surface area contributed by atoms with E-state index in [1.54, 1.807) is 51.8 Å². The summed E-state index contributed by atoms with van der Waals surface area (Å²) in [6.07, 6.45) is 3.22. The first-order valence-corrected chi connectivity index (χ1v) is 24.7. The van der Waals surface area contributed by atoms with Crippen LogP contribution in [0.1, 0.15) is 87.3 Å². The second-order valence-electron chi connectivity index (χ2n) is 19.5. The summed E-state index contributed by atoms with van der Waals surface area (Å²) in [7, 11) is 3.58. The largest absolute Gasteiger partial charge is 0.419 e. The Bertz CT molecular complexity index is 3180. The molecule has 17 nitrogen and oxygen atoms in total. The summed E-state index contributed by atoms with van der Waals surface area (Å²) in [5.74, 6) is -0.909. The molecule has 4 aliphatic rings. The lowest BCUT2D eigenvalue weighted by molar-refractivity contribution is -0.434. The number of alkyl halides is 3. The third-order valence-electron chi connectivity index (χ3n) is 14.7. The quantitative estimate of drug-likeness (QED) is 0.119. The van der Waals surface area contributed by atoms with Crippen molar-refractivity contribution < 1.29 is 41.7 Å². The molecule has 73 heavy (non-hydrogen) atoms. The number of hydrogen-bond donors (Lipinski definition) is 1. The molecule has 1 N–H and O–H groups in total. The maximum Gasteiger partial charge on any atom is 0.419 e. The van der Waals surface area contributed by atoms with Crippen LogP contribution in [0.3, 0.4) is 0 Å². The monoisotopic (exact) mass is 1000 g/mol. The lowest BCUT2D eigenvalue weighted by atomic mass is 9.99. The number of likely N-dealkylation sites (N-methyl/N-ethyl adjacent to an activating group) is 1. The molecule has 3 aromatic carbocycles. The van der Waals surface area contributed by atoms with E-state index >= 15 is 0 Å². The van der Waals surface area contributed by atoms with Gasteiger partial charge in [-0.3, -0.25) is 33.6 Å². The van der Waals surface area contributed by atoms with E-state index in [9.17, 15) is 37.1 Å². The number of aryl methyl sites for hydroxylation is 1. The minimum atomic E-state index is -4.69. The number of anilines is 2. The van der Waals surface area contributed by atoms with Gasteiger partial charge in [0.25, 0.3) is 5.91 Å². The molecular formula is C53H57F3N11O6+. The van der Waals surface area contributed by atoms with Gasteiger partial charge in [0.05, 0.1) is 29.5 Å². The Kier molecular flexibility index (Phi) is 13.6. The van der Waals surface area contributed by atoms with Gasteiger partial charge in [-0.1, -0.05) is 19.1 Å². The number of fused-ring (bicyclic) bond motifs is 2. The molecule has 1 unspecified atom stereocenters. The number of hydrogen-bond acceptors (Lipinski definition) is 11. The van der Waals surface area contributed by atoms with Gasteiger partial charge in [-0.15, -0.1) is 10.2 Å². The zero-order valence-electron chi connectivity index (χ0n) is 40.9. The molecule has 3 fully saturated rings. The van der Waals surface area contributed by atoms with E-state index in [1.165, 1.54) is 17.0 Å². The molecule has 0 saturated carbocycles. The summed E-state index contributed by atoms with van der Waals surface area (Å²) < 4.78 is 55.6. The molecule has 20 heteroatoms. The highest BCUT2D eigenvalue weighted by Crippen LogP contribution is 2.35. The van der Waals surface area contributed by atoms with Crippen molar-refractivity contribution in [2.24, 2.45) is 13.0 Å². The number of piperazine rings is 1. The lowest BCUT2D eigenvalue weighted by Crippen LogP contribution is -2.46. The molecule has 0 bridgehead atoms. The first kappa shape index (κ1) is 49.1. The molecule has 7 heterocycles. The second kappa shape index (κ2) is 20.2. The number of piperidine rings is 2. The van der Waals surface area contributed by atoms with Crippen molar-refractivity contribution >= 4 is 46.7 Å². The lowest BCUT2D eigenvalue weighted by Gasteiger charge is -2.37. The van der Waals surface area contributed by atoms with Crippen LogP contribution in [-0.2, 0) is 40.6 Å². The van der Waals surface area contributed by atoms with Crippen LogP contribution in [0.5, 0.6) is 0 Å². The number of amides is 4. The van der Waals surface area contributed by atoms with Gasteiger partial charge in [0.2, 0.25) is 11.8 Å². The summed E-state index contributed by atoms with van der Waals surface area (Å²) in [6.45, 7) is 7.53. The number of ether oxygens (including phenoxy) is 1. The highest BCUT2D eigenvalue weighted by atomic mass is 19.4. The summed E-state index contributed by atoms with van der Waals surface area (Å²) >= 11 is 0. The van der Waals surface area contributed by atoms with Crippen LogP contribution < -0.4 is 20.8 Å².